The van der Waals surface area contributed by atoms with E-state index in [9.17, 15) is 18.0 Å². The maximum absolute atomic E-state index is 13.0. The van der Waals surface area contributed by atoms with Crippen molar-refractivity contribution in [2.45, 2.75) is 11.3 Å². The molecule has 0 fully saturated rings. The van der Waals surface area contributed by atoms with Gasteiger partial charge in [-0.3, -0.25) is 9.36 Å². The van der Waals surface area contributed by atoms with Crippen LogP contribution in [0.4, 0.5) is 18.9 Å². The van der Waals surface area contributed by atoms with Crippen LogP contribution in [0.25, 0.3) is 17.1 Å². The fourth-order valence-corrected chi connectivity index (χ4v) is 4.27. The number of anilines is 1. The van der Waals surface area contributed by atoms with Crippen molar-refractivity contribution in [2.24, 2.45) is 0 Å². The summed E-state index contributed by atoms with van der Waals surface area (Å²) >= 11 is 13.1. The zero-order chi connectivity index (χ0) is 25.9. The molecule has 1 amide bonds. The van der Waals surface area contributed by atoms with Crippen molar-refractivity contribution in [3.8, 4) is 22.8 Å². The third kappa shape index (κ3) is 5.95. The first-order valence-electron chi connectivity index (χ1n) is 10.3. The smallest absolute Gasteiger partial charge is 0.416 e. The van der Waals surface area contributed by atoms with Crippen LogP contribution in [-0.2, 0) is 11.0 Å². The summed E-state index contributed by atoms with van der Waals surface area (Å²) in [6, 6.07) is 17.0. The number of alkyl halides is 3. The van der Waals surface area contributed by atoms with Gasteiger partial charge in [0.25, 0.3) is 0 Å². The van der Waals surface area contributed by atoms with E-state index in [2.05, 4.69) is 15.5 Å². The van der Waals surface area contributed by atoms with Gasteiger partial charge in [0.05, 0.1) is 29.1 Å². The van der Waals surface area contributed by atoms with Crippen LogP contribution in [0.5, 0.6) is 5.75 Å². The number of methoxy groups -OCH3 is 1. The van der Waals surface area contributed by atoms with Crippen molar-refractivity contribution >= 4 is 46.6 Å². The van der Waals surface area contributed by atoms with Crippen molar-refractivity contribution in [3.63, 3.8) is 0 Å². The van der Waals surface area contributed by atoms with E-state index < -0.39 is 17.6 Å². The molecule has 0 saturated carbocycles. The molecule has 3 aromatic carbocycles. The Morgan fingerprint density at radius 3 is 2.36 bits per heavy atom. The Labute approximate surface area is 218 Å². The number of aromatic nitrogens is 3. The number of rotatable bonds is 7. The second-order valence-corrected chi connectivity index (χ2v) is 9.16. The van der Waals surface area contributed by atoms with Gasteiger partial charge in [-0.05, 0) is 66.7 Å². The minimum Gasteiger partial charge on any atom is -0.497 e. The number of nitrogens with one attached hydrogen (secondary N) is 1. The SMILES string of the molecule is COc1ccc(-n2c(SCC(=O)Nc3cc(C(F)(F)F)ccc3Cl)nnc2-c2ccc(Cl)cc2)cc1. The van der Waals surface area contributed by atoms with E-state index in [0.29, 0.717) is 21.8 Å². The fraction of sp³-hybridized carbons (Fsp3) is 0.125. The highest BCUT2D eigenvalue weighted by Crippen LogP contribution is 2.34. The molecular formula is C24H17Cl2F3N4O2S. The van der Waals surface area contributed by atoms with E-state index in [1.165, 1.54) is 0 Å². The number of hydrogen-bond donors (Lipinski definition) is 1. The van der Waals surface area contributed by atoms with Gasteiger partial charge < -0.3 is 10.1 Å². The summed E-state index contributed by atoms with van der Waals surface area (Å²) in [6.07, 6.45) is -4.56. The first kappa shape index (κ1) is 25.9. The molecule has 0 aliphatic heterocycles. The molecule has 12 heteroatoms. The molecule has 0 aliphatic carbocycles. The van der Waals surface area contributed by atoms with Gasteiger partial charge in [-0.2, -0.15) is 13.2 Å². The predicted octanol–water partition coefficient (Wildman–Crippen LogP) is 7.00. The number of hydrogen-bond acceptors (Lipinski definition) is 5. The quantitative estimate of drug-likeness (QED) is 0.250. The van der Waals surface area contributed by atoms with E-state index in [4.69, 9.17) is 27.9 Å². The molecule has 36 heavy (non-hydrogen) atoms. The maximum atomic E-state index is 13.0. The average Bonchev–Trinajstić information content (AvgIpc) is 3.28. The van der Waals surface area contributed by atoms with Gasteiger partial charge in [0.15, 0.2) is 11.0 Å². The Hall–Kier alpha value is -3.21. The monoisotopic (exact) mass is 552 g/mol. The summed E-state index contributed by atoms with van der Waals surface area (Å²) in [5.41, 5.74) is 0.418. The maximum Gasteiger partial charge on any atom is 0.416 e. The number of amides is 1. The summed E-state index contributed by atoms with van der Waals surface area (Å²) in [7, 11) is 1.56. The molecule has 1 aromatic heterocycles. The highest BCUT2D eigenvalue weighted by molar-refractivity contribution is 7.99. The van der Waals surface area contributed by atoms with Crippen molar-refractivity contribution in [1.82, 2.24) is 14.8 Å². The van der Waals surface area contributed by atoms with E-state index in [1.807, 2.05) is 12.1 Å². The summed E-state index contributed by atoms with van der Waals surface area (Å²) in [5, 5.41) is 11.9. The number of benzene rings is 3. The highest BCUT2D eigenvalue weighted by atomic mass is 35.5. The second-order valence-electron chi connectivity index (χ2n) is 7.38. The van der Waals surface area contributed by atoms with Gasteiger partial charge in [-0.1, -0.05) is 35.0 Å². The van der Waals surface area contributed by atoms with E-state index in [0.717, 1.165) is 41.2 Å². The third-order valence-corrected chi connectivity index (χ3v) is 6.48. The molecule has 1 heterocycles. The average molecular weight is 553 g/mol. The summed E-state index contributed by atoms with van der Waals surface area (Å²) in [4.78, 5) is 12.6. The molecule has 1 N–H and O–H groups in total. The lowest BCUT2D eigenvalue weighted by Gasteiger charge is -2.12. The zero-order valence-electron chi connectivity index (χ0n) is 18.5. The Balaban J connectivity index is 1.59. The van der Waals surface area contributed by atoms with Gasteiger partial charge in [0.1, 0.15) is 5.75 Å². The van der Waals surface area contributed by atoms with Crippen molar-refractivity contribution < 1.29 is 22.7 Å². The number of ether oxygens (including phenoxy) is 1. The minimum atomic E-state index is -4.56. The van der Waals surface area contributed by atoms with Crippen LogP contribution in [0.3, 0.4) is 0 Å². The van der Waals surface area contributed by atoms with Crippen LogP contribution in [0.2, 0.25) is 10.0 Å². The van der Waals surface area contributed by atoms with Crippen LogP contribution in [0.1, 0.15) is 5.56 Å². The molecule has 0 radical (unpaired) electrons. The molecule has 0 saturated heterocycles. The Kier molecular flexibility index (Phi) is 7.77. The second kappa shape index (κ2) is 10.8. The van der Waals surface area contributed by atoms with Gasteiger partial charge in [-0.25, -0.2) is 0 Å². The van der Waals surface area contributed by atoms with E-state index in [-0.39, 0.29) is 16.5 Å². The Morgan fingerprint density at radius 2 is 1.72 bits per heavy atom. The Morgan fingerprint density at radius 1 is 1.03 bits per heavy atom. The van der Waals surface area contributed by atoms with E-state index >= 15 is 0 Å². The van der Waals surface area contributed by atoms with Gasteiger partial charge >= 0.3 is 6.18 Å². The first-order valence-corrected chi connectivity index (χ1v) is 12.0. The molecule has 0 aliphatic rings. The molecule has 6 nitrogen and oxygen atoms in total. The number of carbonyl (C=O) groups excluding carboxylic acids is 1. The van der Waals surface area contributed by atoms with Crippen molar-refractivity contribution in [2.75, 3.05) is 18.2 Å². The highest BCUT2D eigenvalue weighted by Gasteiger charge is 2.31. The first-order chi connectivity index (χ1) is 17.2. The molecule has 0 unspecified atom stereocenters. The predicted molar refractivity (Wildman–Crippen MR) is 134 cm³/mol. The summed E-state index contributed by atoms with van der Waals surface area (Å²) < 4.78 is 46.1. The standard InChI is InChI=1S/C24H17Cl2F3N4O2S/c1-35-18-9-7-17(8-10-18)33-22(14-2-5-16(25)6-3-14)31-32-23(33)36-13-21(34)30-20-12-15(24(27,28)29)4-11-19(20)26/h2-12H,13H2,1H3,(H,30,34). The lowest BCUT2D eigenvalue weighted by Crippen LogP contribution is -2.16. The molecular weight excluding hydrogens is 536 g/mol. The lowest BCUT2D eigenvalue weighted by molar-refractivity contribution is -0.137. The number of thioether (sulfide) groups is 1. The van der Waals surface area contributed by atoms with Gasteiger partial charge in [-0.15, -0.1) is 10.2 Å². The topological polar surface area (TPSA) is 69.0 Å². The van der Waals surface area contributed by atoms with E-state index in [1.54, 1.807) is 48.1 Å². The largest absolute Gasteiger partial charge is 0.497 e. The van der Waals surface area contributed by atoms with Crippen LogP contribution >= 0.6 is 35.0 Å². The summed E-state index contributed by atoms with van der Waals surface area (Å²) in [5.74, 6) is 0.465. The molecule has 4 rings (SSSR count). The van der Waals surface area contributed by atoms with Crippen LogP contribution in [0.15, 0.2) is 71.9 Å². The third-order valence-electron chi connectivity index (χ3n) is 4.97. The molecule has 0 bridgehead atoms. The zero-order valence-corrected chi connectivity index (χ0v) is 20.8. The van der Waals surface area contributed by atoms with Crippen LogP contribution in [-0.4, -0.2) is 33.5 Å². The molecule has 0 spiro atoms. The Bertz CT molecular complexity index is 1380. The summed E-state index contributed by atoms with van der Waals surface area (Å²) in [6.45, 7) is 0. The van der Waals surface area contributed by atoms with Crippen LogP contribution in [0, 0.1) is 0 Å². The molecule has 4 aromatic rings. The molecule has 186 valence electrons. The van der Waals surface area contributed by atoms with Crippen LogP contribution < -0.4 is 10.1 Å². The fourth-order valence-electron chi connectivity index (χ4n) is 3.23. The van der Waals surface area contributed by atoms with Gasteiger partial charge in [0, 0.05) is 16.3 Å². The number of carbonyl (C=O) groups is 1. The molecule has 0 atom stereocenters. The number of halogens is 5. The van der Waals surface area contributed by atoms with Crippen molar-refractivity contribution in [1.29, 1.82) is 0 Å². The van der Waals surface area contributed by atoms with Gasteiger partial charge in [0.2, 0.25) is 5.91 Å². The lowest BCUT2D eigenvalue weighted by atomic mass is 10.2. The van der Waals surface area contributed by atoms with Crippen molar-refractivity contribution in [3.05, 3.63) is 82.3 Å². The minimum absolute atomic E-state index is 0.00669. The normalized spacial score (nSPS) is 11.4. The number of nitrogens with zero attached hydrogens (tertiary/aromatic N) is 3.